The molecule has 0 fully saturated rings. The number of hydrogen-bond acceptors (Lipinski definition) is 5. The highest BCUT2D eigenvalue weighted by Crippen LogP contribution is 2.21. The van der Waals surface area contributed by atoms with E-state index in [9.17, 15) is 9.59 Å². The van der Waals surface area contributed by atoms with E-state index in [4.69, 9.17) is 20.8 Å². The number of carbonyl (C=O) groups excluding carboxylic acids is 2. The van der Waals surface area contributed by atoms with Gasteiger partial charge in [-0.1, -0.05) is 11.6 Å². The molecule has 0 aliphatic heterocycles. The maximum Gasteiger partial charge on any atom is 0.259 e. The molecule has 1 aromatic carbocycles. The van der Waals surface area contributed by atoms with Gasteiger partial charge in [-0.3, -0.25) is 9.59 Å². The minimum Gasteiger partial charge on any atom is -0.484 e. The summed E-state index contributed by atoms with van der Waals surface area (Å²) in [6.07, 6.45) is 2.85. The zero-order valence-corrected chi connectivity index (χ0v) is 13.7. The third-order valence-corrected chi connectivity index (χ3v) is 3.10. The standard InChI is InChI=1S/C16H16ClN3O4/c1-11-7-12(17)4-5-14(11)24-10-16(22)18-9-15(21)20-19-8-13-3-2-6-23-13/h2-8H,9-10H2,1H3,(H,18,22)(H,20,21)/b19-8+. The molecule has 0 unspecified atom stereocenters. The summed E-state index contributed by atoms with van der Waals surface area (Å²) in [5, 5.41) is 6.71. The molecule has 0 spiro atoms. The molecule has 24 heavy (non-hydrogen) atoms. The van der Waals surface area contributed by atoms with Gasteiger partial charge in [-0.15, -0.1) is 0 Å². The second-order valence-corrected chi connectivity index (χ2v) is 5.22. The zero-order chi connectivity index (χ0) is 17.4. The number of furan rings is 1. The van der Waals surface area contributed by atoms with Gasteiger partial charge in [0.15, 0.2) is 6.61 Å². The fourth-order valence-corrected chi connectivity index (χ4v) is 1.95. The molecule has 2 amide bonds. The van der Waals surface area contributed by atoms with Crippen molar-refractivity contribution in [3.8, 4) is 5.75 Å². The number of halogens is 1. The lowest BCUT2D eigenvalue weighted by Gasteiger charge is -2.09. The van der Waals surface area contributed by atoms with Crippen LogP contribution in [0.15, 0.2) is 46.1 Å². The number of benzene rings is 1. The molecule has 0 bridgehead atoms. The summed E-state index contributed by atoms with van der Waals surface area (Å²) in [4.78, 5) is 23.2. The Morgan fingerprint density at radius 1 is 1.33 bits per heavy atom. The lowest BCUT2D eigenvalue weighted by Crippen LogP contribution is -2.37. The molecule has 8 heteroatoms. The van der Waals surface area contributed by atoms with Crippen molar-refractivity contribution in [2.24, 2.45) is 5.10 Å². The Hall–Kier alpha value is -2.80. The van der Waals surface area contributed by atoms with Crippen LogP contribution in [0.3, 0.4) is 0 Å². The zero-order valence-electron chi connectivity index (χ0n) is 12.9. The number of hydrazone groups is 1. The van der Waals surface area contributed by atoms with Gasteiger partial charge < -0.3 is 14.5 Å². The molecule has 1 heterocycles. The van der Waals surface area contributed by atoms with Crippen LogP contribution < -0.4 is 15.5 Å². The molecule has 0 atom stereocenters. The third kappa shape index (κ3) is 5.77. The number of aryl methyl sites for hydroxylation is 1. The average Bonchev–Trinajstić information content (AvgIpc) is 3.05. The second kappa shape index (κ2) is 8.73. The molecule has 1 aromatic heterocycles. The third-order valence-electron chi connectivity index (χ3n) is 2.87. The van der Waals surface area contributed by atoms with E-state index in [1.54, 1.807) is 30.3 Å². The number of nitrogens with one attached hydrogen (secondary N) is 2. The Kier molecular flexibility index (Phi) is 6.39. The van der Waals surface area contributed by atoms with E-state index in [2.05, 4.69) is 15.8 Å². The van der Waals surface area contributed by atoms with Crippen LogP contribution in [-0.4, -0.2) is 31.2 Å². The largest absolute Gasteiger partial charge is 0.484 e. The molecular weight excluding hydrogens is 334 g/mol. The van der Waals surface area contributed by atoms with Gasteiger partial charge in [0.2, 0.25) is 0 Å². The minimum atomic E-state index is -0.464. The molecule has 2 N–H and O–H groups in total. The highest BCUT2D eigenvalue weighted by Gasteiger charge is 2.07. The predicted molar refractivity (Wildman–Crippen MR) is 89.1 cm³/mol. The highest BCUT2D eigenvalue weighted by atomic mass is 35.5. The summed E-state index contributed by atoms with van der Waals surface area (Å²) >= 11 is 5.84. The van der Waals surface area contributed by atoms with Crippen molar-refractivity contribution < 1.29 is 18.7 Å². The van der Waals surface area contributed by atoms with Crippen LogP contribution in [-0.2, 0) is 9.59 Å². The van der Waals surface area contributed by atoms with E-state index in [1.165, 1.54) is 12.5 Å². The Balaban J connectivity index is 1.68. The van der Waals surface area contributed by atoms with Crippen LogP contribution >= 0.6 is 11.6 Å². The molecular formula is C16H16ClN3O4. The highest BCUT2D eigenvalue weighted by molar-refractivity contribution is 6.30. The van der Waals surface area contributed by atoms with E-state index in [1.807, 2.05) is 6.92 Å². The van der Waals surface area contributed by atoms with Crippen molar-refractivity contribution >= 4 is 29.6 Å². The van der Waals surface area contributed by atoms with E-state index >= 15 is 0 Å². The van der Waals surface area contributed by atoms with Crippen molar-refractivity contribution in [2.45, 2.75) is 6.92 Å². The van der Waals surface area contributed by atoms with Crippen molar-refractivity contribution in [1.29, 1.82) is 0 Å². The van der Waals surface area contributed by atoms with Crippen molar-refractivity contribution in [3.63, 3.8) is 0 Å². The Labute approximate surface area is 143 Å². The molecule has 0 aliphatic carbocycles. The first-order valence-corrected chi connectivity index (χ1v) is 7.43. The summed E-state index contributed by atoms with van der Waals surface area (Å²) in [7, 11) is 0. The molecule has 2 aromatic rings. The molecule has 2 rings (SSSR count). The van der Waals surface area contributed by atoms with Crippen LogP contribution in [0, 0.1) is 6.92 Å². The van der Waals surface area contributed by atoms with Gasteiger partial charge in [0.25, 0.3) is 11.8 Å². The van der Waals surface area contributed by atoms with Gasteiger partial charge in [-0.25, -0.2) is 5.43 Å². The number of amides is 2. The van der Waals surface area contributed by atoms with Gasteiger partial charge in [-0.05, 0) is 42.8 Å². The summed E-state index contributed by atoms with van der Waals surface area (Å²) in [6.45, 7) is 1.41. The maximum absolute atomic E-state index is 11.7. The number of ether oxygens (including phenoxy) is 1. The predicted octanol–water partition coefficient (Wildman–Crippen LogP) is 1.89. The van der Waals surface area contributed by atoms with E-state index in [-0.39, 0.29) is 13.2 Å². The topological polar surface area (TPSA) is 92.9 Å². The van der Waals surface area contributed by atoms with Gasteiger partial charge in [0.05, 0.1) is 19.0 Å². The minimum absolute atomic E-state index is 0.203. The van der Waals surface area contributed by atoms with E-state index < -0.39 is 11.8 Å². The summed E-state index contributed by atoms with van der Waals surface area (Å²) in [6, 6.07) is 8.48. The van der Waals surface area contributed by atoms with Crippen LogP contribution in [0.5, 0.6) is 5.75 Å². The van der Waals surface area contributed by atoms with Crippen LogP contribution in [0.25, 0.3) is 0 Å². The Morgan fingerprint density at radius 2 is 2.17 bits per heavy atom. The lowest BCUT2D eigenvalue weighted by atomic mass is 10.2. The van der Waals surface area contributed by atoms with Crippen molar-refractivity contribution in [3.05, 3.63) is 52.9 Å². The smallest absolute Gasteiger partial charge is 0.259 e. The summed E-state index contributed by atoms with van der Waals surface area (Å²) in [5.74, 6) is 0.177. The molecule has 126 valence electrons. The number of nitrogens with zero attached hydrogens (tertiary/aromatic N) is 1. The molecule has 7 nitrogen and oxygen atoms in total. The number of rotatable bonds is 7. The maximum atomic E-state index is 11.7. The quantitative estimate of drug-likeness (QED) is 0.589. The normalized spacial score (nSPS) is 10.6. The SMILES string of the molecule is Cc1cc(Cl)ccc1OCC(=O)NCC(=O)N/N=C/c1ccco1. The first kappa shape index (κ1) is 17.6. The van der Waals surface area contributed by atoms with Gasteiger partial charge in [0.1, 0.15) is 11.5 Å². The average molecular weight is 350 g/mol. The number of carbonyl (C=O) groups is 2. The van der Waals surface area contributed by atoms with Gasteiger partial charge >= 0.3 is 0 Å². The molecule has 0 saturated heterocycles. The Morgan fingerprint density at radius 3 is 2.88 bits per heavy atom. The Bertz CT molecular complexity index is 729. The van der Waals surface area contributed by atoms with Crippen LogP contribution in [0.4, 0.5) is 0 Å². The summed E-state index contributed by atoms with van der Waals surface area (Å²) in [5.41, 5.74) is 3.09. The monoisotopic (exact) mass is 349 g/mol. The summed E-state index contributed by atoms with van der Waals surface area (Å²) < 4.78 is 10.4. The van der Waals surface area contributed by atoms with Gasteiger partial charge in [0, 0.05) is 5.02 Å². The first-order valence-electron chi connectivity index (χ1n) is 7.05. The van der Waals surface area contributed by atoms with Crippen LogP contribution in [0.2, 0.25) is 5.02 Å². The van der Waals surface area contributed by atoms with E-state index in [0.29, 0.717) is 16.5 Å². The first-order chi connectivity index (χ1) is 11.5. The molecule has 0 aliphatic rings. The van der Waals surface area contributed by atoms with Crippen LogP contribution in [0.1, 0.15) is 11.3 Å². The van der Waals surface area contributed by atoms with Crippen molar-refractivity contribution in [2.75, 3.05) is 13.2 Å². The van der Waals surface area contributed by atoms with E-state index in [0.717, 1.165) is 5.56 Å². The fraction of sp³-hybridized carbons (Fsp3) is 0.188. The number of hydrogen-bond donors (Lipinski definition) is 2. The fourth-order valence-electron chi connectivity index (χ4n) is 1.72. The second-order valence-electron chi connectivity index (χ2n) is 4.78. The molecule has 0 saturated carbocycles. The van der Waals surface area contributed by atoms with Crippen molar-refractivity contribution in [1.82, 2.24) is 10.7 Å². The molecule has 0 radical (unpaired) electrons. The lowest BCUT2D eigenvalue weighted by molar-refractivity contribution is -0.127. The van der Waals surface area contributed by atoms with Gasteiger partial charge in [-0.2, -0.15) is 5.10 Å².